The summed E-state index contributed by atoms with van der Waals surface area (Å²) in [6.07, 6.45) is 0.410. The van der Waals surface area contributed by atoms with Crippen molar-refractivity contribution >= 4 is 16.8 Å². The number of aliphatic imine (C=N–C) groups is 1. The maximum absolute atomic E-state index is 12.5. The molecule has 2 aliphatic rings. The highest BCUT2D eigenvalue weighted by Gasteiger charge is 2.34. The Kier molecular flexibility index (Phi) is 7.54. The van der Waals surface area contributed by atoms with E-state index < -0.39 is 23.5 Å². The van der Waals surface area contributed by atoms with E-state index >= 15 is 0 Å². The number of nitrogens with zero attached hydrogens (tertiary/aromatic N) is 2. The molecule has 4 atom stereocenters. The SMILES string of the molecule is CCS(=O)C1CCCC(NC(=NC)NC2CCN(CC(F)(F)F)C2)C1. The Morgan fingerprint density at radius 2 is 1.96 bits per heavy atom. The van der Waals surface area contributed by atoms with E-state index in [1.54, 1.807) is 7.05 Å². The number of hydrogen-bond donors (Lipinski definition) is 2. The van der Waals surface area contributed by atoms with Crippen molar-refractivity contribution in [1.29, 1.82) is 0 Å². The second-order valence-electron chi connectivity index (χ2n) is 6.85. The Bertz CT molecular complexity index is 486. The molecule has 0 aromatic rings. The van der Waals surface area contributed by atoms with E-state index in [1.165, 1.54) is 4.90 Å². The van der Waals surface area contributed by atoms with E-state index in [4.69, 9.17) is 0 Å². The molecule has 4 unspecified atom stereocenters. The first-order valence-electron chi connectivity index (χ1n) is 8.96. The number of hydrogen-bond acceptors (Lipinski definition) is 3. The third kappa shape index (κ3) is 6.77. The number of alkyl halides is 3. The van der Waals surface area contributed by atoms with Crippen LogP contribution < -0.4 is 10.6 Å². The molecule has 0 aromatic carbocycles. The normalized spacial score (nSPS) is 30.3. The van der Waals surface area contributed by atoms with Crippen molar-refractivity contribution in [1.82, 2.24) is 15.5 Å². The molecule has 1 heterocycles. The number of likely N-dealkylation sites (tertiary alicyclic amines) is 1. The molecule has 1 aliphatic carbocycles. The predicted molar refractivity (Wildman–Crippen MR) is 95.3 cm³/mol. The Labute approximate surface area is 150 Å². The van der Waals surface area contributed by atoms with Crippen molar-refractivity contribution in [3.05, 3.63) is 0 Å². The van der Waals surface area contributed by atoms with Gasteiger partial charge < -0.3 is 10.6 Å². The van der Waals surface area contributed by atoms with Crippen molar-refractivity contribution in [3.63, 3.8) is 0 Å². The van der Waals surface area contributed by atoms with Crippen LogP contribution in [0.25, 0.3) is 0 Å². The van der Waals surface area contributed by atoms with Crippen LogP contribution in [0.3, 0.4) is 0 Å². The van der Waals surface area contributed by atoms with Gasteiger partial charge in [0.1, 0.15) is 0 Å². The highest BCUT2D eigenvalue weighted by Crippen LogP contribution is 2.23. The first kappa shape index (κ1) is 20.5. The molecule has 146 valence electrons. The van der Waals surface area contributed by atoms with Crippen molar-refractivity contribution in [3.8, 4) is 0 Å². The van der Waals surface area contributed by atoms with Crippen molar-refractivity contribution in [2.24, 2.45) is 4.99 Å². The molecule has 2 fully saturated rings. The second-order valence-corrected chi connectivity index (χ2v) is 8.86. The summed E-state index contributed by atoms with van der Waals surface area (Å²) in [5, 5.41) is 6.83. The Morgan fingerprint density at radius 3 is 2.60 bits per heavy atom. The van der Waals surface area contributed by atoms with Crippen LogP contribution in [0, 0.1) is 0 Å². The minimum Gasteiger partial charge on any atom is -0.354 e. The fraction of sp³-hybridized carbons (Fsp3) is 0.938. The molecular formula is C16H29F3N4OS. The molecule has 9 heteroatoms. The predicted octanol–water partition coefficient (Wildman–Crippen LogP) is 1.87. The van der Waals surface area contributed by atoms with E-state index in [2.05, 4.69) is 15.6 Å². The average Bonchev–Trinajstić information content (AvgIpc) is 2.98. The van der Waals surface area contributed by atoms with Crippen LogP contribution in [0.5, 0.6) is 0 Å². The van der Waals surface area contributed by atoms with Crippen molar-refractivity contribution < 1.29 is 17.4 Å². The Morgan fingerprint density at radius 1 is 1.24 bits per heavy atom. The van der Waals surface area contributed by atoms with E-state index in [9.17, 15) is 17.4 Å². The van der Waals surface area contributed by atoms with Crippen LogP contribution >= 0.6 is 0 Å². The van der Waals surface area contributed by atoms with Gasteiger partial charge in [-0.3, -0.25) is 14.1 Å². The monoisotopic (exact) mass is 382 g/mol. The lowest BCUT2D eigenvalue weighted by molar-refractivity contribution is -0.143. The van der Waals surface area contributed by atoms with E-state index in [1.807, 2.05) is 6.92 Å². The van der Waals surface area contributed by atoms with Crippen molar-refractivity contribution in [2.75, 3.05) is 32.4 Å². The lowest BCUT2D eigenvalue weighted by Gasteiger charge is -2.31. The van der Waals surface area contributed by atoms with Crippen LogP contribution in [0.2, 0.25) is 0 Å². The van der Waals surface area contributed by atoms with Gasteiger partial charge in [-0.2, -0.15) is 13.2 Å². The van der Waals surface area contributed by atoms with E-state index in [0.29, 0.717) is 31.2 Å². The highest BCUT2D eigenvalue weighted by molar-refractivity contribution is 7.85. The van der Waals surface area contributed by atoms with E-state index in [-0.39, 0.29) is 17.3 Å². The highest BCUT2D eigenvalue weighted by atomic mass is 32.2. The summed E-state index contributed by atoms with van der Waals surface area (Å²) >= 11 is 0. The zero-order valence-corrected chi connectivity index (χ0v) is 15.8. The molecule has 1 saturated heterocycles. The standard InChI is InChI=1S/C16H29F3N4OS/c1-3-25(24)14-6-4-5-12(9-14)21-15(20-2)22-13-7-8-23(10-13)11-16(17,18)19/h12-14H,3-11H2,1-2H3,(H2,20,21,22). The van der Waals surface area contributed by atoms with Crippen LogP contribution in [0.1, 0.15) is 39.0 Å². The molecular weight excluding hydrogens is 353 g/mol. The molecule has 0 radical (unpaired) electrons. The average molecular weight is 382 g/mol. The maximum Gasteiger partial charge on any atom is 0.401 e. The summed E-state index contributed by atoms with van der Waals surface area (Å²) in [6, 6.07) is 0.186. The fourth-order valence-electron chi connectivity index (χ4n) is 3.66. The minimum absolute atomic E-state index is 0.0299. The summed E-state index contributed by atoms with van der Waals surface area (Å²) < 4.78 is 49.5. The fourth-order valence-corrected chi connectivity index (χ4v) is 5.00. The summed E-state index contributed by atoms with van der Waals surface area (Å²) in [4.78, 5) is 5.64. The molecule has 0 bridgehead atoms. The van der Waals surface area contributed by atoms with Gasteiger partial charge >= 0.3 is 6.18 Å². The second kappa shape index (κ2) is 9.21. The maximum atomic E-state index is 12.5. The van der Waals surface area contributed by atoms with Crippen LogP contribution in [-0.2, 0) is 10.8 Å². The number of guanidine groups is 1. The van der Waals surface area contributed by atoms with Gasteiger partial charge in [-0.05, 0) is 25.7 Å². The lowest BCUT2D eigenvalue weighted by Crippen LogP contribution is -2.50. The summed E-state index contributed by atoms with van der Waals surface area (Å²) in [6.45, 7) is 1.90. The minimum atomic E-state index is -4.15. The van der Waals surface area contributed by atoms with Crippen LogP contribution in [0.4, 0.5) is 13.2 Å². The molecule has 0 amide bonds. The van der Waals surface area contributed by atoms with Gasteiger partial charge in [0.05, 0.1) is 6.54 Å². The number of halogens is 3. The Hall–Kier alpha value is -0.830. The van der Waals surface area contributed by atoms with Gasteiger partial charge in [-0.1, -0.05) is 13.3 Å². The van der Waals surface area contributed by atoms with Crippen LogP contribution in [0.15, 0.2) is 4.99 Å². The zero-order valence-electron chi connectivity index (χ0n) is 14.9. The first-order chi connectivity index (χ1) is 11.8. The molecule has 2 rings (SSSR count). The molecule has 25 heavy (non-hydrogen) atoms. The molecule has 0 aromatic heterocycles. The Balaban J connectivity index is 1.80. The molecule has 2 N–H and O–H groups in total. The molecule has 0 spiro atoms. The van der Waals surface area contributed by atoms with Gasteiger partial charge in [-0.25, -0.2) is 0 Å². The third-order valence-corrected chi connectivity index (χ3v) is 6.60. The number of nitrogens with one attached hydrogen (secondary N) is 2. The van der Waals surface area contributed by atoms with Gasteiger partial charge in [0, 0.05) is 54.0 Å². The molecule has 5 nitrogen and oxygen atoms in total. The topological polar surface area (TPSA) is 56.7 Å². The molecule has 1 saturated carbocycles. The first-order valence-corrected chi connectivity index (χ1v) is 10.3. The number of rotatable bonds is 5. The summed E-state index contributed by atoms with van der Waals surface area (Å²) in [7, 11) is 0.886. The van der Waals surface area contributed by atoms with Crippen LogP contribution in [-0.4, -0.2) is 71.0 Å². The van der Waals surface area contributed by atoms with Gasteiger partial charge in [0.2, 0.25) is 0 Å². The third-order valence-electron chi connectivity index (χ3n) is 4.86. The van der Waals surface area contributed by atoms with E-state index in [0.717, 1.165) is 25.7 Å². The quantitative estimate of drug-likeness (QED) is 0.563. The summed E-state index contributed by atoms with van der Waals surface area (Å²) in [5.74, 6) is 1.31. The van der Waals surface area contributed by atoms with Crippen molar-refractivity contribution in [2.45, 2.75) is 62.5 Å². The molecule has 1 aliphatic heterocycles. The zero-order chi connectivity index (χ0) is 18.4. The van der Waals surface area contributed by atoms with Gasteiger partial charge in [-0.15, -0.1) is 0 Å². The summed E-state index contributed by atoms with van der Waals surface area (Å²) in [5.41, 5.74) is 0. The smallest absolute Gasteiger partial charge is 0.354 e. The van der Waals surface area contributed by atoms with Gasteiger partial charge in [0.25, 0.3) is 0 Å². The van der Waals surface area contributed by atoms with Gasteiger partial charge in [0.15, 0.2) is 5.96 Å². The largest absolute Gasteiger partial charge is 0.401 e. The lowest BCUT2D eigenvalue weighted by atomic mass is 9.95.